The Morgan fingerprint density at radius 2 is 1.71 bits per heavy atom. The molecule has 0 aromatic heterocycles. The van der Waals surface area contributed by atoms with Gasteiger partial charge in [0.05, 0.1) is 5.75 Å². The van der Waals surface area contributed by atoms with Crippen LogP contribution in [0.15, 0.2) is 30.3 Å². The lowest BCUT2D eigenvalue weighted by atomic mass is 9.94. The van der Waals surface area contributed by atoms with Crippen LogP contribution in [0.25, 0.3) is 0 Å². The molecule has 2 amide bonds. The number of amides is 2. The van der Waals surface area contributed by atoms with Crippen LogP contribution in [0.5, 0.6) is 0 Å². The van der Waals surface area contributed by atoms with Crippen molar-refractivity contribution < 1.29 is 18.0 Å². The minimum absolute atomic E-state index is 0.0565. The van der Waals surface area contributed by atoms with Crippen molar-refractivity contribution in [2.24, 2.45) is 11.3 Å². The predicted octanol–water partition coefficient (Wildman–Crippen LogP) is 2.74. The van der Waals surface area contributed by atoms with Crippen molar-refractivity contribution in [1.29, 1.82) is 0 Å². The number of hydrogen-bond acceptors (Lipinski definition) is 4. The minimum Gasteiger partial charge on any atom is -0.343 e. The van der Waals surface area contributed by atoms with Gasteiger partial charge in [0, 0.05) is 25.4 Å². The van der Waals surface area contributed by atoms with Crippen LogP contribution in [-0.2, 0) is 26.0 Å². The van der Waals surface area contributed by atoms with Gasteiger partial charge in [0.15, 0.2) is 0 Å². The highest BCUT2D eigenvalue weighted by molar-refractivity contribution is 7.90. The van der Waals surface area contributed by atoms with Crippen molar-refractivity contribution in [3.05, 3.63) is 35.9 Å². The first kappa shape index (κ1) is 22.4. The van der Waals surface area contributed by atoms with Crippen LogP contribution in [0.4, 0.5) is 0 Å². The van der Waals surface area contributed by atoms with Gasteiger partial charge in [-0.25, -0.2) is 8.42 Å². The summed E-state index contributed by atoms with van der Waals surface area (Å²) < 4.78 is 26.5. The Kier molecular flexibility index (Phi) is 7.63. The minimum atomic E-state index is -3.61. The molecule has 1 aliphatic rings. The summed E-state index contributed by atoms with van der Waals surface area (Å²) in [4.78, 5) is 26.5. The third kappa shape index (κ3) is 7.62. The van der Waals surface area contributed by atoms with Crippen molar-refractivity contribution in [1.82, 2.24) is 9.62 Å². The summed E-state index contributed by atoms with van der Waals surface area (Å²) in [5, 5.41) is 0. The average Bonchev–Trinajstić information content (AvgIpc) is 2.65. The molecule has 2 rings (SSSR count). The molecule has 0 aliphatic carbocycles. The van der Waals surface area contributed by atoms with Gasteiger partial charge >= 0.3 is 0 Å². The number of sulfonamides is 1. The van der Waals surface area contributed by atoms with Crippen LogP contribution in [0, 0.1) is 11.3 Å². The molecule has 1 fully saturated rings. The van der Waals surface area contributed by atoms with E-state index in [1.807, 2.05) is 51.1 Å². The predicted molar refractivity (Wildman–Crippen MR) is 110 cm³/mol. The van der Waals surface area contributed by atoms with E-state index in [-0.39, 0.29) is 23.0 Å². The molecule has 0 spiro atoms. The number of aryl methyl sites for hydroxylation is 1. The van der Waals surface area contributed by atoms with Gasteiger partial charge in [0.1, 0.15) is 0 Å². The molecule has 28 heavy (non-hydrogen) atoms. The van der Waals surface area contributed by atoms with Crippen LogP contribution in [0.1, 0.15) is 52.0 Å². The zero-order valence-corrected chi connectivity index (χ0v) is 17.9. The van der Waals surface area contributed by atoms with Gasteiger partial charge in [-0.15, -0.1) is 0 Å². The highest BCUT2D eigenvalue weighted by Gasteiger charge is 2.29. The van der Waals surface area contributed by atoms with Gasteiger partial charge in [-0.3, -0.25) is 14.3 Å². The van der Waals surface area contributed by atoms with E-state index in [0.717, 1.165) is 5.56 Å². The Morgan fingerprint density at radius 1 is 1.11 bits per heavy atom. The van der Waals surface area contributed by atoms with E-state index in [1.165, 1.54) is 0 Å². The Morgan fingerprint density at radius 3 is 2.29 bits per heavy atom. The second-order valence-corrected chi connectivity index (χ2v) is 10.6. The largest absolute Gasteiger partial charge is 0.343 e. The number of nitrogens with one attached hydrogen (secondary N) is 1. The zero-order valence-electron chi connectivity index (χ0n) is 17.1. The summed E-state index contributed by atoms with van der Waals surface area (Å²) in [6.07, 6.45) is 2.63. The van der Waals surface area contributed by atoms with Gasteiger partial charge in [-0.1, -0.05) is 51.1 Å². The van der Waals surface area contributed by atoms with E-state index in [4.69, 9.17) is 0 Å². The van der Waals surface area contributed by atoms with Crippen molar-refractivity contribution in [3.63, 3.8) is 0 Å². The third-order valence-electron chi connectivity index (χ3n) is 5.07. The highest BCUT2D eigenvalue weighted by atomic mass is 32.2. The first-order chi connectivity index (χ1) is 13.1. The second-order valence-electron chi connectivity index (χ2n) is 8.74. The van der Waals surface area contributed by atoms with Gasteiger partial charge in [0.2, 0.25) is 21.8 Å². The molecule has 7 heteroatoms. The fourth-order valence-corrected chi connectivity index (χ4v) is 4.63. The van der Waals surface area contributed by atoms with E-state index in [9.17, 15) is 18.0 Å². The summed E-state index contributed by atoms with van der Waals surface area (Å²) in [6, 6.07) is 9.87. The quantitative estimate of drug-likeness (QED) is 0.752. The molecular weight excluding hydrogens is 376 g/mol. The first-order valence-electron chi connectivity index (χ1n) is 9.92. The number of rotatable bonds is 7. The molecule has 1 heterocycles. The molecule has 0 bridgehead atoms. The smallest absolute Gasteiger partial charge is 0.236 e. The topological polar surface area (TPSA) is 83.6 Å². The van der Waals surface area contributed by atoms with Gasteiger partial charge in [-0.05, 0) is 36.7 Å². The van der Waals surface area contributed by atoms with Gasteiger partial charge < -0.3 is 4.90 Å². The van der Waals surface area contributed by atoms with Crippen molar-refractivity contribution in [2.75, 3.05) is 18.8 Å². The maximum Gasteiger partial charge on any atom is 0.236 e. The number of nitrogens with zero attached hydrogens (tertiary/aromatic N) is 1. The molecule has 0 unspecified atom stereocenters. The number of hydrogen-bond donors (Lipinski definition) is 1. The average molecular weight is 409 g/mol. The van der Waals surface area contributed by atoms with Gasteiger partial charge in [0.25, 0.3) is 0 Å². The third-order valence-corrected chi connectivity index (χ3v) is 6.32. The number of carbonyl (C=O) groups is 2. The Balaban J connectivity index is 1.76. The molecule has 1 aromatic carbocycles. The number of likely N-dealkylation sites (tertiary alicyclic amines) is 1. The molecule has 0 atom stereocenters. The van der Waals surface area contributed by atoms with Crippen molar-refractivity contribution in [3.8, 4) is 0 Å². The maximum absolute atomic E-state index is 12.4. The summed E-state index contributed by atoms with van der Waals surface area (Å²) in [6.45, 7) is 6.89. The van der Waals surface area contributed by atoms with E-state index in [1.54, 1.807) is 4.90 Å². The van der Waals surface area contributed by atoms with Gasteiger partial charge in [-0.2, -0.15) is 0 Å². The number of benzene rings is 1. The highest BCUT2D eigenvalue weighted by Crippen LogP contribution is 2.21. The molecule has 1 aliphatic heterocycles. The molecular formula is C21H32N2O4S. The lowest BCUT2D eigenvalue weighted by molar-refractivity contribution is -0.135. The summed E-state index contributed by atoms with van der Waals surface area (Å²) >= 11 is 0. The summed E-state index contributed by atoms with van der Waals surface area (Å²) in [7, 11) is -3.61. The summed E-state index contributed by atoms with van der Waals surface area (Å²) in [5.74, 6) is -0.771. The van der Waals surface area contributed by atoms with Crippen LogP contribution in [-0.4, -0.2) is 44.0 Å². The maximum atomic E-state index is 12.4. The molecule has 1 N–H and O–H groups in total. The molecule has 0 radical (unpaired) electrons. The molecule has 1 aromatic rings. The van der Waals surface area contributed by atoms with Crippen molar-refractivity contribution >= 4 is 21.8 Å². The molecule has 1 saturated heterocycles. The molecule has 6 nitrogen and oxygen atoms in total. The number of piperidine rings is 1. The monoisotopic (exact) mass is 408 g/mol. The molecule has 156 valence electrons. The van der Waals surface area contributed by atoms with E-state index < -0.39 is 15.9 Å². The fraction of sp³-hybridized carbons (Fsp3) is 0.619. The van der Waals surface area contributed by atoms with Crippen LogP contribution in [0.3, 0.4) is 0 Å². The fourth-order valence-electron chi connectivity index (χ4n) is 3.17. The van der Waals surface area contributed by atoms with Crippen LogP contribution >= 0.6 is 0 Å². The Hall–Kier alpha value is -1.89. The lowest BCUT2D eigenvalue weighted by Crippen LogP contribution is -2.44. The van der Waals surface area contributed by atoms with E-state index >= 15 is 0 Å². The Bertz CT molecular complexity index is 761. The normalized spacial score (nSPS) is 16.0. The Labute approximate surface area is 168 Å². The van der Waals surface area contributed by atoms with Crippen LogP contribution in [0.2, 0.25) is 0 Å². The summed E-state index contributed by atoms with van der Waals surface area (Å²) in [5.41, 5.74) is 1.02. The first-order valence-corrected chi connectivity index (χ1v) is 11.6. The molecule has 0 saturated carbocycles. The number of carbonyl (C=O) groups excluding carboxylic acids is 2. The second kappa shape index (κ2) is 9.54. The zero-order chi connectivity index (χ0) is 20.8. The van der Waals surface area contributed by atoms with E-state index in [0.29, 0.717) is 45.2 Å². The van der Waals surface area contributed by atoms with E-state index in [2.05, 4.69) is 4.72 Å². The standard InChI is InChI=1S/C21H32N2O4S/c1-21(2,3)13-16-28(26,27)22-20(25)18-11-14-23(15-12-18)19(24)10-9-17-7-5-4-6-8-17/h4-8,18H,9-16H2,1-3H3,(H,22,25). The SMILES string of the molecule is CC(C)(C)CCS(=O)(=O)NC(=O)C1CCN(C(=O)CCc2ccccc2)CC1. The van der Waals surface area contributed by atoms with Crippen LogP contribution < -0.4 is 4.72 Å². The lowest BCUT2D eigenvalue weighted by Gasteiger charge is -2.31. The van der Waals surface area contributed by atoms with Crippen molar-refractivity contribution in [2.45, 2.75) is 52.9 Å².